The molecule has 0 unspecified atom stereocenters. The van der Waals surface area contributed by atoms with Gasteiger partial charge in [0.05, 0.1) is 0 Å². The van der Waals surface area contributed by atoms with E-state index in [-0.39, 0.29) is 6.79 Å². The molecule has 56 valence electrons. The highest BCUT2D eigenvalue weighted by molar-refractivity contribution is 4.17. The molecule has 0 aromatic heterocycles. The molecule has 0 fully saturated rings. The Kier molecular flexibility index (Phi) is 7.63. The second kappa shape index (κ2) is 7.80. The van der Waals surface area contributed by atoms with Crippen molar-refractivity contribution in [3.8, 4) is 0 Å². The van der Waals surface area contributed by atoms with Crippen molar-refractivity contribution in [1.29, 1.82) is 0 Å². The van der Waals surface area contributed by atoms with Crippen LogP contribution in [0.4, 0.5) is 0 Å². The van der Waals surface area contributed by atoms with Crippen molar-refractivity contribution >= 4 is 0 Å². The SMILES string of the molecule is CCCOCOOOO. The molecule has 0 aliphatic carbocycles. The summed E-state index contributed by atoms with van der Waals surface area (Å²) in [5.41, 5.74) is 0. The van der Waals surface area contributed by atoms with Crippen LogP contribution in [0.1, 0.15) is 13.3 Å². The van der Waals surface area contributed by atoms with Crippen molar-refractivity contribution < 1.29 is 25.0 Å². The lowest BCUT2D eigenvalue weighted by molar-refractivity contribution is -0.631. The predicted octanol–water partition coefficient (Wildman–Crippen LogP) is 0.723. The van der Waals surface area contributed by atoms with E-state index in [0.29, 0.717) is 6.61 Å². The molecule has 0 spiro atoms. The van der Waals surface area contributed by atoms with Crippen LogP contribution in [-0.2, 0) is 19.7 Å². The van der Waals surface area contributed by atoms with Crippen LogP contribution in [0.3, 0.4) is 0 Å². The van der Waals surface area contributed by atoms with Gasteiger partial charge in [0.25, 0.3) is 0 Å². The average Bonchev–Trinajstić information content (AvgIpc) is 1.89. The van der Waals surface area contributed by atoms with Crippen molar-refractivity contribution in [2.75, 3.05) is 13.4 Å². The van der Waals surface area contributed by atoms with E-state index < -0.39 is 0 Å². The minimum absolute atomic E-state index is 0.0472. The standard InChI is InChI=1S/C4H10O5/c1-2-3-6-4-7-9-8-5/h5H,2-4H2,1H3. The molecule has 0 bridgehead atoms. The molecule has 5 nitrogen and oxygen atoms in total. The fourth-order valence-electron chi connectivity index (χ4n) is 0.278. The van der Waals surface area contributed by atoms with Crippen LogP contribution in [0.2, 0.25) is 0 Å². The summed E-state index contributed by atoms with van der Waals surface area (Å²) in [6, 6.07) is 0. The van der Waals surface area contributed by atoms with Crippen LogP contribution < -0.4 is 0 Å². The van der Waals surface area contributed by atoms with Crippen molar-refractivity contribution in [3.63, 3.8) is 0 Å². The normalized spacial score (nSPS) is 10.0. The third-order valence-electron chi connectivity index (χ3n) is 0.558. The highest BCUT2D eigenvalue weighted by Gasteiger charge is 1.85. The Labute approximate surface area is 52.9 Å². The van der Waals surface area contributed by atoms with Crippen LogP contribution in [0.15, 0.2) is 0 Å². The van der Waals surface area contributed by atoms with Gasteiger partial charge in [-0.3, -0.25) is 0 Å². The number of hydrogen-bond acceptors (Lipinski definition) is 5. The first-order valence-corrected chi connectivity index (χ1v) is 2.59. The maximum atomic E-state index is 7.52. The third kappa shape index (κ3) is 7.80. The van der Waals surface area contributed by atoms with Gasteiger partial charge in [-0.05, 0) is 16.5 Å². The van der Waals surface area contributed by atoms with E-state index in [1.165, 1.54) is 0 Å². The molecule has 1 N–H and O–H groups in total. The molecule has 0 aliphatic rings. The molecule has 0 aromatic carbocycles. The first kappa shape index (κ1) is 8.80. The largest absolute Gasteiger partial charge is 0.352 e. The van der Waals surface area contributed by atoms with Crippen LogP contribution in [0.25, 0.3) is 0 Å². The van der Waals surface area contributed by atoms with E-state index in [9.17, 15) is 0 Å². The van der Waals surface area contributed by atoms with E-state index in [2.05, 4.69) is 15.0 Å². The van der Waals surface area contributed by atoms with Crippen molar-refractivity contribution in [1.82, 2.24) is 0 Å². The van der Waals surface area contributed by atoms with Crippen LogP contribution in [-0.4, -0.2) is 18.7 Å². The van der Waals surface area contributed by atoms with E-state index in [4.69, 9.17) is 9.99 Å². The van der Waals surface area contributed by atoms with E-state index in [1.54, 1.807) is 0 Å². The molecule has 0 saturated heterocycles. The predicted molar refractivity (Wildman–Crippen MR) is 27.0 cm³/mol. The molecular weight excluding hydrogens is 128 g/mol. The quantitative estimate of drug-likeness (QED) is 0.253. The molecule has 0 aliphatic heterocycles. The summed E-state index contributed by atoms with van der Waals surface area (Å²) >= 11 is 0. The summed E-state index contributed by atoms with van der Waals surface area (Å²) in [6.45, 7) is 2.51. The van der Waals surface area contributed by atoms with Gasteiger partial charge in [0.15, 0.2) is 6.79 Å². The lowest BCUT2D eigenvalue weighted by Crippen LogP contribution is -2.01. The van der Waals surface area contributed by atoms with Crippen LogP contribution in [0.5, 0.6) is 0 Å². The molecule has 9 heavy (non-hydrogen) atoms. The Morgan fingerprint density at radius 3 is 2.78 bits per heavy atom. The summed E-state index contributed by atoms with van der Waals surface area (Å²) in [5.74, 6) is 0. The van der Waals surface area contributed by atoms with Gasteiger partial charge in [-0.2, -0.15) is 4.89 Å². The van der Waals surface area contributed by atoms with Gasteiger partial charge in [-0.15, -0.1) is 0 Å². The minimum atomic E-state index is -0.0472. The number of rotatable bonds is 6. The highest BCUT2D eigenvalue weighted by atomic mass is 17.7. The zero-order chi connectivity index (χ0) is 6.95. The van der Waals surface area contributed by atoms with Crippen molar-refractivity contribution in [2.24, 2.45) is 0 Å². The van der Waals surface area contributed by atoms with Gasteiger partial charge in [-0.1, -0.05) is 6.92 Å². The highest BCUT2D eigenvalue weighted by Crippen LogP contribution is 1.82. The number of hydrogen-bond donors (Lipinski definition) is 1. The Morgan fingerprint density at radius 2 is 2.22 bits per heavy atom. The lowest BCUT2D eigenvalue weighted by atomic mass is 10.5. The summed E-state index contributed by atoms with van der Waals surface area (Å²) in [4.78, 5) is 4.09. The smallest absolute Gasteiger partial charge is 0.183 e. The fourth-order valence-corrected chi connectivity index (χ4v) is 0.278. The lowest BCUT2D eigenvalue weighted by Gasteiger charge is -1.98. The second-order valence-electron chi connectivity index (χ2n) is 1.29. The van der Waals surface area contributed by atoms with E-state index in [1.807, 2.05) is 6.92 Å². The molecule has 0 radical (unpaired) electrons. The second-order valence-corrected chi connectivity index (χ2v) is 1.29. The van der Waals surface area contributed by atoms with Crippen LogP contribution in [0, 0.1) is 0 Å². The maximum absolute atomic E-state index is 7.52. The zero-order valence-electron chi connectivity index (χ0n) is 5.20. The fraction of sp³-hybridized carbons (Fsp3) is 1.00. The molecule has 0 rings (SSSR count). The molecular formula is C4H10O5. The van der Waals surface area contributed by atoms with Gasteiger partial charge >= 0.3 is 0 Å². The minimum Gasteiger partial charge on any atom is -0.352 e. The molecule has 5 heteroatoms. The first-order valence-electron chi connectivity index (χ1n) is 2.59. The summed E-state index contributed by atoms with van der Waals surface area (Å²) < 4.78 is 4.75. The first-order chi connectivity index (χ1) is 4.41. The Balaban J connectivity index is 2.60. The topological polar surface area (TPSA) is 57.2 Å². The van der Waals surface area contributed by atoms with Crippen LogP contribution >= 0.6 is 0 Å². The molecule has 0 saturated carbocycles. The molecule has 0 amide bonds. The van der Waals surface area contributed by atoms with Gasteiger partial charge < -0.3 is 4.74 Å². The van der Waals surface area contributed by atoms with Crippen molar-refractivity contribution in [2.45, 2.75) is 13.3 Å². The van der Waals surface area contributed by atoms with E-state index >= 15 is 0 Å². The van der Waals surface area contributed by atoms with Gasteiger partial charge in [0, 0.05) is 6.61 Å². The Bertz CT molecular complexity index is 42.2. The van der Waals surface area contributed by atoms with Crippen molar-refractivity contribution in [3.05, 3.63) is 0 Å². The summed E-state index contributed by atoms with van der Waals surface area (Å²) in [6.07, 6.45) is 0.906. The van der Waals surface area contributed by atoms with Gasteiger partial charge in [0.1, 0.15) is 0 Å². The maximum Gasteiger partial charge on any atom is 0.183 e. The summed E-state index contributed by atoms with van der Waals surface area (Å²) in [5, 5.41) is 14.3. The number of ether oxygens (including phenoxy) is 1. The zero-order valence-corrected chi connectivity index (χ0v) is 5.20. The molecule has 0 atom stereocenters. The third-order valence-corrected chi connectivity index (χ3v) is 0.558. The monoisotopic (exact) mass is 138 g/mol. The Morgan fingerprint density at radius 1 is 1.44 bits per heavy atom. The van der Waals surface area contributed by atoms with Gasteiger partial charge in [-0.25, -0.2) is 5.26 Å². The molecule has 0 heterocycles. The average molecular weight is 138 g/mol. The van der Waals surface area contributed by atoms with Gasteiger partial charge in [0.2, 0.25) is 0 Å². The van der Waals surface area contributed by atoms with E-state index in [0.717, 1.165) is 6.42 Å². The summed E-state index contributed by atoms with van der Waals surface area (Å²) in [7, 11) is 0. The Hall–Kier alpha value is -0.200. The molecule has 0 aromatic rings.